The Morgan fingerprint density at radius 2 is 2.14 bits per heavy atom. The summed E-state index contributed by atoms with van der Waals surface area (Å²) in [5, 5.41) is 17.6. The lowest BCUT2D eigenvalue weighted by Crippen LogP contribution is -2.49. The van der Waals surface area contributed by atoms with Gasteiger partial charge in [0.15, 0.2) is 6.19 Å². The van der Waals surface area contributed by atoms with Crippen molar-refractivity contribution in [1.82, 2.24) is 14.8 Å². The van der Waals surface area contributed by atoms with E-state index >= 15 is 0 Å². The van der Waals surface area contributed by atoms with E-state index in [2.05, 4.69) is 17.2 Å². The molecule has 2 aliphatic rings. The Labute approximate surface area is 129 Å². The quantitative estimate of drug-likeness (QED) is 0.779. The van der Waals surface area contributed by atoms with Crippen LogP contribution in [0.5, 0.6) is 0 Å². The average molecular weight is 295 g/mol. The normalized spacial score (nSPS) is 21.1. The highest BCUT2D eigenvalue weighted by atomic mass is 16.2. The predicted molar refractivity (Wildman–Crippen MR) is 78.2 cm³/mol. The highest BCUT2D eigenvalue weighted by molar-refractivity contribution is 5.77. The molecule has 1 aromatic heterocycles. The van der Waals surface area contributed by atoms with Gasteiger partial charge in [-0.15, -0.1) is 0 Å². The zero-order chi connectivity index (χ0) is 15.5. The summed E-state index contributed by atoms with van der Waals surface area (Å²) >= 11 is 0. The fourth-order valence-corrected chi connectivity index (χ4v) is 3.05. The summed E-state index contributed by atoms with van der Waals surface area (Å²) in [4.78, 5) is 20.1. The van der Waals surface area contributed by atoms with Gasteiger partial charge in [-0.2, -0.15) is 10.5 Å². The molecule has 0 radical (unpaired) electrons. The molecule has 2 aliphatic heterocycles. The molecule has 2 fully saturated rings. The Hall–Kier alpha value is -2.60. The summed E-state index contributed by atoms with van der Waals surface area (Å²) in [5.74, 6) is 0.754. The molecule has 0 aromatic carbocycles. The van der Waals surface area contributed by atoms with Crippen molar-refractivity contribution in [2.24, 2.45) is 5.92 Å². The van der Waals surface area contributed by atoms with Crippen molar-refractivity contribution in [2.45, 2.75) is 18.8 Å². The van der Waals surface area contributed by atoms with E-state index in [1.165, 1.54) is 0 Å². The van der Waals surface area contributed by atoms with Crippen LogP contribution in [0.25, 0.3) is 0 Å². The lowest BCUT2D eigenvalue weighted by molar-refractivity contribution is -0.136. The van der Waals surface area contributed by atoms with Gasteiger partial charge in [0.1, 0.15) is 6.07 Å². The van der Waals surface area contributed by atoms with Crippen LogP contribution in [0.3, 0.4) is 0 Å². The fraction of sp³-hybridized carbons (Fsp3) is 0.500. The SMILES string of the molecule is N#Cc1ccc(C2CN(C(=O)C[C@H]3CCN(C#N)C3)C2)nc1. The van der Waals surface area contributed by atoms with E-state index in [0.29, 0.717) is 37.5 Å². The first kappa shape index (κ1) is 14.3. The highest BCUT2D eigenvalue weighted by Gasteiger charge is 2.34. The molecule has 1 aromatic rings. The van der Waals surface area contributed by atoms with Gasteiger partial charge in [-0.25, -0.2) is 0 Å². The summed E-state index contributed by atoms with van der Waals surface area (Å²) in [6.45, 7) is 2.88. The highest BCUT2D eigenvalue weighted by Crippen LogP contribution is 2.28. The van der Waals surface area contributed by atoms with E-state index in [1.807, 2.05) is 11.0 Å². The van der Waals surface area contributed by atoms with E-state index in [9.17, 15) is 4.79 Å². The smallest absolute Gasteiger partial charge is 0.222 e. The van der Waals surface area contributed by atoms with Crippen LogP contribution in [-0.2, 0) is 4.79 Å². The molecule has 6 nitrogen and oxygen atoms in total. The number of likely N-dealkylation sites (tertiary alicyclic amines) is 2. The maximum atomic E-state index is 12.2. The molecule has 0 aliphatic carbocycles. The monoisotopic (exact) mass is 295 g/mol. The molecule has 22 heavy (non-hydrogen) atoms. The first-order chi connectivity index (χ1) is 10.7. The van der Waals surface area contributed by atoms with Crippen LogP contribution in [0, 0.1) is 28.7 Å². The van der Waals surface area contributed by atoms with Crippen LogP contribution in [0.1, 0.15) is 30.0 Å². The minimum atomic E-state index is 0.176. The largest absolute Gasteiger partial charge is 0.341 e. The van der Waals surface area contributed by atoms with E-state index in [0.717, 1.165) is 18.7 Å². The zero-order valence-corrected chi connectivity index (χ0v) is 12.3. The Morgan fingerprint density at radius 1 is 1.32 bits per heavy atom. The Balaban J connectivity index is 1.47. The molecule has 0 spiro atoms. The van der Waals surface area contributed by atoms with Crippen molar-refractivity contribution in [3.05, 3.63) is 29.6 Å². The lowest BCUT2D eigenvalue weighted by atomic mass is 9.93. The van der Waals surface area contributed by atoms with Gasteiger partial charge in [0.05, 0.1) is 5.56 Å². The van der Waals surface area contributed by atoms with Crippen molar-refractivity contribution >= 4 is 5.91 Å². The second kappa shape index (κ2) is 6.03. The Bertz CT molecular complexity index is 636. The molecule has 0 saturated carbocycles. The van der Waals surface area contributed by atoms with Crippen LogP contribution in [0.2, 0.25) is 0 Å². The third kappa shape index (κ3) is 2.87. The molecule has 3 rings (SSSR count). The first-order valence-corrected chi connectivity index (χ1v) is 7.48. The van der Waals surface area contributed by atoms with E-state index in [-0.39, 0.29) is 11.8 Å². The number of nitriles is 2. The fourth-order valence-electron chi connectivity index (χ4n) is 3.05. The van der Waals surface area contributed by atoms with E-state index in [4.69, 9.17) is 10.5 Å². The Kier molecular flexibility index (Phi) is 3.93. The maximum Gasteiger partial charge on any atom is 0.222 e. The molecule has 2 saturated heterocycles. The van der Waals surface area contributed by atoms with Gasteiger partial charge in [0.2, 0.25) is 5.91 Å². The molecule has 3 heterocycles. The second-order valence-corrected chi connectivity index (χ2v) is 5.98. The topological polar surface area (TPSA) is 84.0 Å². The first-order valence-electron chi connectivity index (χ1n) is 7.48. The summed E-state index contributed by atoms with van der Waals surface area (Å²) in [7, 11) is 0. The molecular formula is C16H17N5O. The van der Waals surface area contributed by atoms with E-state index in [1.54, 1.807) is 17.2 Å². The van der Waals surface area contributed by atoms with Gasteiger partial charge in [-0.05, 0) is 24.5 Å². The number of rotatable bonds is 3. The number of nitrogens with zero attached hydrogens (tertiary/aromatic N) is 5. The molecule has 1 amide bonds. The lowest BCUT2D eigenvalue weighted by Gasteiger charge is -2.39. The van der Waals surface area contributed by atoms with Crippen LogP contribution in [0.15, 0.2) is 18.3 Å². The third-order valence-electron chi connectivity index (χ3n) is 4.46. The summed E-state index contributed by atoms with van der Waals surface area (Å²) in [6, 6.07) is 5.68. The summed E-state index contributed by atoms with van der Waals surface area (Å²) in [5.41, 5.74) is 1.50. The number of amides is 1. The van der Waals surface area contributed by atoms with Crippen LogP contribution < -0.4 is 0 Å². The molecule has 0 bridgehead atoms. The van der Waals surface area contributed by atoms with Gasteiger partial charge in [-0.1, -0.05) is 0 Å². The molecule has 0 N–H and O–H groups in total. The van der Waals surface area contributed by atoms with Gasteiger partial charge in [-0.3, -0.25) is 9.78 Å². The van der Waals surface area contributed by atoms with Crippen LogP contribution >= 0.6 is 0 Å². The predicted octanol–water partition coefficient (Wildman–Crippen LogP) is 1.07. The molecule has 1 atom stereocenters. The van der Waals surface area contributed by atoms with Gasteiger partial charge >= 0.3 is 0 Å². The van der Waals surface area contributed by atoms with Crippen LogP contribution in [-0.4, -0.2) is 46.9 Å². The molecule has 112 valence electrons. The van der Waals surface area contributed by atoms with Crippen molar-refractivity contribution < 1.29 is 4.79 Å². The minimum absolute atomic E-state index is 0.176. The van der Waals surface area contributed by atoms with Gasteiger partial charge < -0.3 is 9.80 Å². The Morgan fingerprint density at radius 3 is 2.73 bits per heavy atom. The number of carbonyl (C=O) groups is 1. The second-order valence-electron chi connectivity index (χ2n) is 5.98. The molecular weight excluding hydrogens is 278 g/mol. The van der Waals surface area contributed by atoms with Crippen LogP contribution in [0.4, 0.5) is 0 Å². The van der Waals surface area contributed by atoms with Gasteiger partial charge in [0, 0.05) is 50.4 Å². The van der Waals surface area contributed by atoms with Gasteiger partial charge in [0.25, 0.3) is 0 Å². The molecule has 6 heteroatoms. The molecule has 0 unspecified atom stereocenters. The average Bonchev–Trinajstić information content (AvgIpc) is 2.94. The maximum absolute atomic E-state index is 12.2. The summed E-state index contributed by atoms with van der Waals surface area (Å²) in [6.07, 6.45) is 5.18. The standard InChI is InChI=1S/C16H17N5O/c17-6-13-1-2-15(19-7-13)14-9-21(10-14)16(22)5-12-3-4-20(8-12)11-18/h1-2,7,12,14H,3-5,8-10H2/t12-/m1/s1. The zero-order valence-electron chi connectivity index (χ0n) is 12.3. The minimum Gasteiger partial charge on any atom is -0.341 e. The van der Waals surface area contributed by atoms with Crippen molar-refractivity contribution in [3.63, 3.8) is 0 Å². The number of pyridine rings is 1. The number of carbonyl (C=O) groups excluding carboxylic acids is 1. The number of aromatic nitrogens is 1. The third-order valence-corrected chi connectivity index (χ3v) is 4.46. The van der Waals surface area contributed by atoms with Crippen molar-refractivity contribution in [1.29, 1.82) is 10.5 Å². The van der Waals surface area contributed by atoms with E-state index < -0.39 is 0 Å². The van der Waals surface area contributed by atoms with Crippen molar-refractivity contribution in [3.8, 4) is 12.3 Å². The van der Waals surface area contributed by atoms with Crippen molar-refractivity contribution in [2.75, 3.05) is 26.2 Å². The summed E-state index contributed by atoms with van der Waals surface area (Å²) < 4.78 is 0. The number of hydrogen-bond acceptors (Lipinski definition) is 5. The number of hydrogen-bond donors (Lipinski definition) is 0.